The number of aromatic amines is 1. The number of aliphatic imine (C=N–C) groups is 2. The Bertz CT molecular complexity index is 1300. The van der Waals surface area contributed by atoms with Crippen molar-refractivity contribution in [2.45, 2.75) is 49.4 Å². The molecule has 2 atom stereocenters. The molecule has 194 valence electrons. The Morgan fingerprint density at radius 3 is 2.86 bits per heavy atom. The van der Waals surface area contributed by atoms with Crippen molar-refractivity contribution in [3.8, 4) is 0 Å². The molecule has 6 rings (SSSR count). The van der Waals surface area contributed by atoms with Gasteiger partial charge in [-0.15, -0.1) is 0 Å². The van der Waals surface area contributed by atoms with Crippen molar-refractivity contribution in [2.24, 2.45) is 9.98 Å². The molecule has 12 nitrogen and oxygen atoms in total. The fourth-order valence-electron chi connectivity index (χ4n) is 4.83. The first-order chi connectivity index (χ1) is 17.7. The highest BCUT2D eigenvalue weighted by Crippen LogP contribution is 2.58. The number of carbonyl (C=O) groups excluding carboxylic acids is 1. The topological polar surface area (TPSA) is 147 Å². The van der Waals surface area contributed by atoms with Gasteiger partial charge in [-0.2, -0.15) is 23.3 Å². The lowest BCUT2D eigenvalue weighted by molar-refractivity contribution is -0.161. The van der Waals surface area contributed by atoms with Crippen molar-refractivity contribution in [2.75, 3.05) is 18.4 Å². The number of likely N-dealkylation sites (tertiary alicyclic amines) is 1. The van der Waals surface area contributed by atoms with Crippen molar-refractivity contribution in [1.82, 2.24) is 35.5 Å². The maximum atomic E-state index is 13.5. The Kier molecular flexibility index (Phi) is 5.40. The lowest BCUT2D eigenvalue weighted by atomic mass is 10.0. The van der Waals surface area contributed by atoms with E-state index in [0.717, 1.165) is 0 Å². The van der Waals surface area contributed by atoms with Crippen molar-refractivity contribution < 1.29 is 23.1 Å². The third-order valence-corrected chi connectivity index (χ3v) is 6.92. The third kappa shape index (κ3) is 4.18. The zero-order chi connectivity index (χ0) is 25.8. The molecule has 1 saturated heterocycles. The highest BCUT2D eigenvalue weighted by molar-refractivity contribution is 6.09. The maximum absolute atomic E-state index is 13.5. The molecule has 4 N–H and O–H groups in total. The summed E-state index contributed by atoms with van der Waals surface area (Å²) in [4.78, 5) is 31.7. The van der Waals surface area contributed by atoms with Crippen LogP contribution in [0.2, 0.25) is 0 Å². The summed E-state index contributed by atoms with van der Waals surface area (Å²) in [5.41, 5.74) is 1.91. The SMILES string of the molecule is O=C(Nc1cnccn1)[C@@H]1C[C@H](O)CN1C1=NC(=Nc2cc(C3(C(F)(F)F)CC3)[nH]n2)C2=CCCN2N1. The average molecular weight is 516 g/mol. The second-order valence-electron chi connectivity index (χ2n) is 9.37. The predicted octanol–water partition coefficient (Wildman–Crippen LogP) is 1.36. The largest absolute Gasteiger partial charge is 0.399 e. The van der Waals surface area contributed by atoms with Crippen molar-refractivity contribution in [3.05, 3.63) is 42.1 Å². The van der Waals surface area contributed by atoms with Crippen LogP contribution in [0.5, 0.6) is 0 Å². The number of amidine groups is 1. The number of H-pyrrole nitrogens is 1. The van der Waals surface area contributed by atoms with Crippen LogP contribution in [0.25, 0.3) is 0 Å². The Balaban J connectivity index is 1.29. The predicted molar refractivity (Wildman–Crippen MR) is 124 cm³/mol. The molecule has 5 heterocycles. The van der Waals surface area contributed by atoms with E-state index in [2.05, 4.69) is 40.9 Å². The van der Waals surface area contributed by atoms with Gasteiger partial charge in [0, 0.05) is 38.0 Å². The number of alkyl halides is 3. The van der Waals surface area contributed by atoms with Crippen LogP contribution in [0.4, 0.5) is 24.8 Å². The Morgan fingerprint density at radius 1 is 1.30 bits per heavy atom. The third-order valence-electron chi connectivity index (χ3n) is 6.92. The monoisotopic (exact) mass is 516 g/mol. The van der Waals surface area contributed by atoms with E-state index in [1.165, 1.54) is 24.7 Å². The number of halogens is 3. The minimum atomic E-state index is -4.37. The number of β-amino-alcohol motifs (C(OH)–C–C–N with tert-alkyl or cyclic N) is 1. The van der Waals surface area contributed by atoms with Crippen LogP contribution in [0, 0.1) is 0 Å². The Morgan fingerprint density at radius 2 is 2.14 bits per heavy atom. The minimum Gasteiger partial charge on any atom is -0.391 e. The van der Waals surface area contributed by atoms with E-state index in [1.807, 2.05) is 6.08 Å². The zero-order valence-corrected chi connectivity index (χ0v) is 19.4. The molecular formula is C22H23F3N10O2. The number of aliphatic hydroxyl groups excluding tert-OH is 1. The number of aromatic nitrogens is 4. The second kappa shape index (κ2) is 8.54. The molecule has 0 bridgehead atoms. The lowest BCUT2D eigenvalue weighted by Gasteiger charge is -2.35. The average Bonchev–Trinajstić information content (AvgIpc) is 3.18. The summed E-state index contributed by atoms with van der Waals surface area (Å²) >= 11 is 0. The number of rotatable bonds is 4. The molecule has 37 heavy (non-hydrogen) atoms. The lowest BCUT2D eigenvalue weighted by Crippen LogP contribution is -2.56. The van der Waals surface area contributed by atoms with Gasteiger partial charge in [-0.05, 0) is 19.3 Å². The van der Waals surface area contributed by atoms with Gasteiger partial charge in [-0.3, -0.25) is 25.3 Å². The molecule has 0 spiro atoms. The van der Waals surface area contributed by atoms with E-state index >= 15 is 0 Å². The summed E-state index contributed by atoms with van der Waals surface area (Å²) in [7, 11) is 0. The van der Waals surface area contributed by atoms with Crippen LogP contribution >= 0.6 is 0 Å². The molecular weight excluding hydrogens is 493 g/mol. The summed E-state index contributed by atoms with van der Waals surface area (Å²) in [6.07, 6.45) is 2.01. The van der Waals surface area contributed by atoms with Gasteiger partial charge in [0.25, 0.3) is 0 Å². The van der Waals surface area contributed by atoms with Crippen LogP contribution in [0.1, 0.15) is 31.4 Å². The van der Waals surface area contributed by atoms with E-state index in [-0.39, 0.29) is 54.9 Å². The van der Waals surface area contributed by atoms with Crippen LogP contribution in [0.15, 0.2) is 46.4 Å². The number of fused-ring (bicyclic) bond motifs is 1. The van der Waals surface area contributed by atoms with Gasteiger partial charge >= 0.3 is 6.18 Å². The van der Waals surface area contributed by atoms with Crippen LogP contribution in [-0.4, -0.2) is 84.3 Å². The molecule has 3 aliphatic heterocycles. The fraction of sp³-hybridized carbons (Fsp3) is 0.455. The van der Waals surface area contributed by atoms with E-state index in [0.29, 0.717) is 24.6 Å². The second-order valence-corrected chi connectivity index (χ2v) is 9.37. The van der Waals surface area contributed by atoms with Crippen LogP contribution in [-0.2, 0) is 10.2 Å². The minimum absolute atomic E-state index is 0.00909. The molecule has 15 heteroatoms. The maximum Gasteiger partial charge on any atom is 0.399 e. The van der Waals surface area contributed by atoms with Gasteiger partial charge in [0.1, 0.15) is 11.5 Å². The molecule has 2 fully saturated rings. The quantitative estimate of drug-likeness (QED) is 0.477. The number of aliphatic hydroxyl groups is 1. The van der Waals surface area contributed by atoms with Gasteiger partial charge in [-0.1, -0.05) is 6.08 Å². The molecule has 2 aromatic rings. The fourth-order valence-corrected chi connectivity index (χ4v) is 4.83. The van der Waals surface area contributed by atoms with Crippen LogP contribution < -0.4 is 10.7 Å². The number of nitrogens with one attached hydrogen (secondary N) is 3. The van der Waals surface area contributed by atoms with Crippen LogP contribution in [0.3, 0.4) is 0 Å². The first kappa shape index (κ1) is 23.4. The molecule has 0 aromatic carbocycles. The van der Waals surface area contributed by atoms with Gasteiger partial charge in [0.05, 0.1) is 23.7 Å². The first-order valence-electron chi connectivity index (χ1n) is 11.8. The van der Waals surface area contributed by atoms with E-state index < -0.39 is 23.7 Å². The van der Waals surface area contributed by atoms with Crippen molar-refractivity contribution in [3.63, 3.8) is 0 Å². The van der Waals surface area contributed by atoms with Crippen molar-refractivity contribution >= 4 is 29.3 Å². The Hall–Kier alpha value is -4.01. The van der Waals surface area contributed by atoms with Gasteiger partial charge in [0.15, 0.2) is 17.5 Å². The highest BCUT2D eigenvalue weighted by Gasteiger charge is 2.65. The summed E-state index contributed by atoms with van der Waals surface area (Å²) in [6.45, 7) is 0.744. The number of amides is 1. The summed E-state index contributed by atoms with van der Waals surface area (Å²) in [5.74, 6) is 0.508. The summed E-state index contributed by atoms with van der Waals surface area (Å²) < 4.78 is 40.6. The number of carbonyl (C=O) groups is 1. The molecule has 1 aliphatic carbocycles. The van der Waals surface area contributed by atoms with Gasteiger partial charge in [0.2, 0.25) is 11.9 Å². The number of nitrogens with zero attached hydrogens (tertiary/aromatic N) is 7. The smallest absolute Gasteiger partial charge is 0.391 e. The van der Waals surface area contributed by atoms with Gasteiger partial charge < -0.3 is 15.3 Å². The molecule has 1 amide bonds. The molecule has 0 radical (unpaired) electrons. The number of hydrogen-bond acceptors (Lipinski definition) is 9. The van der Waals surface area contributed by atoms with E-state index in [9.17, 15) is 23.1 Å². The first-order valence-corrected chi connectivity index (χ1v) is 11.8. The standard InChI is InChI=1S/C22H23F3N10O2/c23-22(24,25)21(3-4-21)15-9-16(32-31-15)28-18-13-2-1-7-35(13)33-20(30-18)34-11-12(36)8-14(34)19(37)29-17-10-26-5-6-27-17/h2,5-6,9-10,12,14,36H,1,3-4,7-8,11H2,(H,27,29,37)(H2,28,30,31,32,33)/t12-,14-/m0/s1. The zero-order valence-electron chi connectivity index (χ0n) is 19.4. The molecule has 1 saturated carbocycles. The summed E-state index contributed by atoms with van der Waals surface area (Å²) in [6, 6.07) is 0.553. The molecule has 2 aromatic heterocycles. The summed E-state index contributed by atoms with van der Waals surface area (Å²) in [5, 5.41) is 21.3. The van der Waals surface area contributed by atoms with Gasteiger partial charge in [-0.25, -0.2) is 9.98 Å². The van der Waals surface area contributed by atoms with E-state index in [4.69, 9.17) is 0 Å². The highest BCUT2D eigenvalue weighted by atomic mass is 19.4. The number of guanidine groups is 1. The number of hydrogen-bond donors (Lipinski definition) is 4. The van der Waals surface area contributed by atoms with E-state index in [1.54, 1.807) is 9.91 Å². The van der Waals surface area contributed by atoms with Crippen molar-refractivity contribution in [1.29, 1.82) is 0 Å². The molecule has 0 unspecified atom stereocenters. The number of anilines is 1. The number of hydrazine groups is 1. The Labute approximate surface area is 208 Å². The normalized spacial score (nSPS) is 25.5. The molecule has 4 aliphatic rings.